The lowest BCUT2D eigenvalue weighted by Crippen LogP contribution is -2.43. The number of carbonyl (C=O) groups is 1. The van der Waals surface area contributed by atoms with Crippen LogP contribution in [0.2, 0.25) is 0 Å². The van der Waals surface area contributed by atoms with Crippen LogP contribution in [0, 0.1) is 0 Å². The van der Waals surface area contributed by atoms with Gasteiger partial charge in [0.05, 0.1) is 12.7 Å². The minimum atomic E-state index is -0.835. The van der Waals surface area contributed by atoms with Crippen LogP contribution in [0.5, 0.6) is 5.75 Å². The minimum Gasteiger partial charge on any atom is -0.497 e. The number of carbonyl (C=O) groups excluding carboxylic acids is 1. The Balaban J connectivity index is 2.65. The van der Waals surface area contributed by atoms with Crippen molar-refractivity contribution < 1.29 is 14.6 Å². The molecule has 112 valence electrons. The fourth-order valence-electron chi connectivity index (χ4n) is 2.23. The van der Waals surface area contributed by atoms with Crippen LogP contribution in [0.3, 0.4) is 0 Å². The van der Waals surface area contributed by atoms with Crippen molar-refractivity contribution in [3.05, 3.63) is 24.0 Å². The Morgan fingerprint density at radius 2 is 2.05 bits per heavy atom. The highest BCUT2D eigenvalue weighted by atomic mass is 16.5. The number of nitrogens with one attached hydrogen (secondary N) is 1. The normalized spacial score (nSPS) is 11.2. The van der Waals surface area contributed by atoms with E-state index in [1.54, 1.807) is 12.1 Å². The lowest BCUT2D eigenvalue weighted by molar-refractivity contribution is 0.0212. The number of hydrogen-bond donors (Lipinski definition) is 2. The fraction of sp³-hybridized carbons (Fsp3) is 0.600. The molecule has 1 amide bonds. The van der Waals surface area contributed by atoms with Gasteiger partial charge in [0.2, 0.25) is 0 Å². The predicted octanol–water partition coefficient (Wildman–Crippen LogP) is 2.15. The Morgan fingerprint density at radius 1 is 1.40 bits per heavy atom. The quantitative estimate of drug-likeness (QED) is 0.765. The maximum Gasteiger partial charge on any atom is 0.270 e. The van der Waals surface area contributed by atoms with Crippen molar-refractivity contribution in [2.24, 2.45) is 0 Å². The molecule has 0 aromatic carbocycles. The van der Waals surface area contributed by atoms with Crippen molar-refractivity contribution in [2.75, 3.05) is 13.7 Å². The molecule has 0 saturated heterocycles. The molecule has 5 heteroatoms. The number of amides is 1. The molecule has 0 unspecified atom stereocenters. The molecular weight excluding hydrogens is 256 g/mol. The summed E-state index contributed by atoms with van der Waals surface area (Å²) in [6.07, 6.45) is 4.63. The fourth-order valence-corrected chi connectivity index (χ4v) is 2.23. The molecule has 20 heavy (non-hydrogen) atoms. The zero-order valence-electron chi connectivity index (χ0n) is 12.5. The predicted molar refractivity (Wildman–Crippen MR) is 77.9 cm³/mol. The molecule has 0 bridgehead atoms. The number of hydrogen-bond acceptors (Lipinski definition) is 4. The summed E-state index contributed by atoms with van der Waals surface area (Å²) in [4.78, 5) is 16.0. The monoisotopic (exact) mass is 280 g/mol. The molecule has 1 aromatic rings. The lowest BCUT2D eigenvalue weighted by atomic mass is 9.92. The van der Waals surface area contributed by atoms with E-state index in [2.05, 4.69) is 10.3 Å². The molecule has 0 saturated carbocycles. The number of aliphatic hydroxyl groups is 1. The number of methoxy groups -OCH3 is 1. The van der Waals surface area contributed by atoms with Crippen molar-refractivity contribution in [2.45, 2.75) is 45.1 Å². The van der Waals surface area contributed by atoms with E-state index >= 15 is 0 Å². The molecule has 0 aliphatic carbocycles. The summed E-state index contributed by atoms with van der Waals surface area (Å²) in [6.45, 7) is 4.28. The summed E-state index contributed by atoms with van der Waals surface area (Å²) in [5, 5.41) is 13.2. The first kappa shape index (κ1) is 16.4. The Labute approximate surface area is 120 Å². The maximum atomic E-state index is 12.0. The summed E-state index contributed by atoms with van der Waals surface area (Å²) in [6, 6.07) is 3.26. The average Bonchev–Trinajstić information content (AvgIpc) is 2.45. The lowest BCUT2D eigenvalue weighted by Gasteiger charge is -2.27. The van der Waals surface area contributed by atoms with Crippen LogP contribution in [-0.2, 0) is 0 Å². The van der Waals surface area contributed by atoms with Crippen LogP contribution >= 0.6 is 0 Å². The van der Waals surface area contributed by atoms with Crippen LogP contribution in [0.4, 0.5) is 0 Å². The van der Waals surface area contributed by atoms with Crippen LogP contribution in [-0.4, -0.2) is 35.3 Å². The van der Waals surface area contributed by atoms with Crippen LogP contribution < -0.4 is 10.1 Å². The molecule has 0 fully saturated rings. The van der Waals surface area contributed by atoms with Gasteiger partial charge in [0.1, 0.15) is 11.4 Å². The summed E-state index contributed by atoms with van der Waals surface area (Å²) >= 11 is 0. The third-order valence-electron chi connectivity index (χ3n) is 3.21. The van der Waals surface area contributed by atoms with Crippen molar-refractivity contribution in [3.63, 3.8) is 0 Å². The van der Waals surface area contributed by atoms with Gasteiger partial charge in [0.15, 0.2) is 0 Å². The first-order chi connectivity index (χ1) is 9.54. The molecule has 0 spiro atoms. The molecule has 0 atom stereocenters. The van der Waals surface area contributed by atoms with E-state index in [-0.39, 0.29) is 12.5 Å². The van der Waals surface area contributed by atoms with Gasteiger partial charge in [-0.05, 0) is 18.9 Å². The maximum absolute atomic E-state index is 12.0. The van der Waals surface area contributed by atoms with Gasteiger partial charge in [-0.2, -0.15) is 0 Å². The number of pyridine rings is 1. The molecule has 1 rings (SSSR count). The van der Waals surface area contributed by atoms with Gasteiger partial charge >= 0.3 is 0 Å². The Kier molecular flexibility index (Phi) is 6.45. The van der Waals surface area contributed by atoms with Crippen LogP contribution in [0.25, 0.3) is 0 Å². The van der Waals surface area contributed by atoms with Gasteiger partial charge in [-0.15, -0.1) is 0 Å². The van der Waals surface area contributed by atoms with E-state index < -0.39 is 5.60 Å². The topological polar surface area (TPSA) is 71.5 Å². The van der Waals surface area contributed by atoms with Gasteiger partial charge in [0.25, 0.3) is 5.91 Å². The highest BCUT2D eigenvalue weighted by molar-refractivity contribution is 5.92. The van der Waals surface area contributed by atoms with Crippen molar-refractivity contribution in [1.29, 1.82) is 0 Å². The molecular formula is C15H24N2O3. The Hall–Kier alpha value is -1.62. The molecule has 0 aliphatic rings. The van der Waals surface area contributed by atoms with Crippen molar-refractivity contribution >= 4 is 5.91 Å². The molecule has 0 radical (unpaired) electrons. The van der Waals surface area contributed by atoms with Gasteiger partial charge in [-0.3, -0.25) is 9.78 Å². The second kappa shape index (κ2) is 7.85. The first-order valence-corrected chi connectivity index (χ1v) is 7.05. The van der Waals surface area contributed by atoms with Gasteiger partial charge in [0, 0.05) is 18.8 Å². The third-order valence-corrected chi connectivity index (χ3v) is 3.21. The van der Waals surface area contributed by atoms with Crippen molar-refractivity contribution in [1.82, 2.24) is 10.3 Å². The SMILES string of the molecule is CCCC(O)(CCC)CNC(=O)c1cc(OC)ccn1. The summed E-state index contributed by atoms with van der Waals surface area (Å²) < 4.78 is 5.06. The van der Waals surface area contributed by atoms with E-state index in [9.17, 15) is 9.90 Å². The standard InChI is InChI=1S/C15H24N2O3/c1-4-7-15(19,8-5-2)11-17-14(18)13-10-12(20-3)6-9-16-13/h6,9-10,19H,4-5,7-8,11H2,1-3H3,(H,17,18). The summed E-state index contributed by atoms with van der Waals surface area (Å²) in [7, 11) is 1.54. The Bertz CT molecular complexity index is 429. The third kappa shape index (κ3) is 4.81. The molecule has 2 N–H and O–H groups in total. The van der Waals surface area contributed by atoms with E-state index in [0.717, 1.165) is 12.8 Å². The van der Waals surface area contributed by atoms with Gasteiger partial charge < -0.3 is 15.2 Å². The smallest absolute Gasteiger partial charge is 0.270 e. The number of ether oxygens (including phenoxy) is 1. The highest BCUT2D eigenvalue weighted by Crippen LogP contribution is 2.18. The first-order valence-electron chi connectivity index (χ1n) is 7.05. The van der Waals surface area contributed by atoms with Gasteiger partial charge in [-0.25, -0.2) is 0 Å². The average molecular weight is 280 g/mol. The van der Waals surface area contributed by atoms with Crippen LogP contribution in [0.1, 0.15) is 50.0 Å². The highest BCUT2D eigenvalue weighted by Gasteiger charge is 2.25. The minimum absolute atomic E-state index is 0.242. The second-order valence-electron chi connectivity index (χ2n) is 4.99. The number of aromatic nitrogens is 1. The summed E-state index contributed by atoms with van der Waals surface area (Å²) in [5.74, 6) is 0.289. The second-order valence-corrected chi connectivity index (χ2v) is 4.99. The largest absolute Gasteiger partial charge is 0.497 e. The van der Waals surface area contributed by atoms with Gasteiger partial charge in [-0.1, -0.05) is 26.7 Å². The van der Waals surface area contributed by atoms with E-state index in [0.29, 0.717) is 24.3 Å². The van der Waals surface area contributed by atoms with Crippen molar-refractivity contribution in [3.8, 4) is 5.75 Å². The zero-order chi connectivity index (χ0) is 15.0. The molecule has 1 aromatic heterocycles. The van der Waals surface area contributed by atoms with E-state index in [4.69, 9.17) is 4.74 Å². The van der Waals surface area contributed by atoms with E-state index in [1.165, 1.54) is 13.3 Å². The van der Waals surface area contributed by atoms with Crippen LogP contribution in [0.15, 0.2) is 18.3 Å². The van der Waals surface area contributed by atoms with E-state index in [1.807, 2.05) is 13.8 Å². The number of nitrogens with zero attached hydrogens (tertiary/aromatic N) is 1. The zero-order valence-corrected chi connectivity index (χ0v) is 12.5. The molecule has 0 aliphatic heterocycles. The molecule has 1 heterocycles. The summed E-state index contributed by atoms with van der Waals surface area (Å²) in [5.41, 5.74) is -0.544. The molecule has 5 nitrogen and oxygen atoms in total. The Morgan fingerprint density at radius 3 is 2.60 bits per heavy atom. The number of rotatable bonds is 8.